The van der Waals surface area contributed by atoms with E-state index < -0.39 is 0 Å². The molecular formula is C10H17NO2. The molecule has 0 radical (unpaired) electrons. The number of nitrogens with one attached hydrogen (secondary N) is 1. The topological polar surface area (TPSA) is 38.3 Å². The Balaban J connectivity index is 1.85. The summed E-state index contributed by atoms with van der Waals surface area (Å²) in [5.41, 5.74) is 0. The van der Waals surface area contributed by atoms with Crippen LogP contribution in [0.2, 0.25) is 0 Å². The Morgan fingerprint density at radius 2 is 2.15 bits per heavy atom. The van der Waals surface area contributed by atoms with Gasteiger partial charge in [0, 0.05) is 12.6 Å². The fourth-order valence-electron chi connectivity index (χ4n) is 1.80. The van der Waals surface area contributed by atoms with Crippen LogP contribution in [0.25, 0.3) is 0 Å². The fraction of sp³-hybridized carbons (Fsp3) is 0.900. The van der Waals surface area contributed by atoms with Crippen molar-refractivity contribution in [3.8, 4) is 0 Å². The lowest BCUT2D eigenvalue weighted by Crippen LogP contribution is -2.41. The zero-order valence-corrected chi connectivity index (χ0v) is 8.08. The highest BCUT2D eigenvalue weighted by Crippen LogP contribution is 2.24. The summed E-state index contributed by atoms with van der Waals surface area (Å²) in [6.45, 7) is 2.81. The molecule has 0 spiro atoms. The van der Waals surface area contributed by atoms with Crippen LogP contribution in [0, 0.1) is 5.92 Å². The molecule has 3 nitrogen and oxygen atoms in total. The minimum atomic E-state index is 0.0920. The van der Waals surface area contributed by atoms with Gasteiger partial charge in [-0.2, -0.15) is 0 Å². The Morgan fingerprint density at radius 3 is 2.77 bits per heavy atom. The van der Waals surface area contributed by atoms with E-state index in [9.17, 15) is 4.79 Å². The van der Waals surface area contributed by atoms with Gasteiger partial charge in [-0.3, -0.25) is 4.79 Å². The van der Waals surface area contributed by atoms with E-state index in [0.29, 0.717) is 6.04 Å². The largest absolute Gasteiger partial charge is 0.378 e. The standard InChI is InChI=1S/C10H17NO2/c1-7-9(3-2-6-13-7)10(12)11-8-4-5-8/h7-9H,2-6H2,1H3,(H,11,12). The zero-order valence-electron chi connectivity index (χ0n) is 8.08. The zero-order chi connectivity index (χ0) is 9.26. The Bertz CT molecular complexity index is 201. The number of rotatable bonds is 2. The van der Waals surface area contributed by atoms with Crippen molar-refractivity contribution in [1.29, 1.82) is 0 Å². The summed E-state index contributed by atoms with van der Waals surface area (Å²) in [5, 5.41) is 3.04. The van der Waals surface area contributed by atoms with Gasteiger partial charge in [-0.25, -0.2) is 0 Å². The molecule has 1 N–H and O–H groups in total. The number of hydrogen-bond donors (Lipinski definition) is 1. The van der Waals surface area contributed by atoms with Gasteiger partial charge in [0.1, 0.15) is 0 Å². The summed E-state index contributed by atoms with van der Waals surface area (Å²) in [6, 6.07) is 0.474. The van der Waals surface area contributed by atoms with E-state index in [1.54, 1.807) is 0 Å². The van der Waals surface area contributed by atoms with Gasteiger partial charge in [0.15, 0.2) is 0 Å². The Hall–Kier alpha value is -0.570. The van der Waals surface area contributed by atoms with E-state index >= 15 is 0 Å². The maximum absolute atomic E-state index is 11.7. The van der Waals surface area contributed by atoms with Crippen LogP contribution in [0.5, 0.6) is 0 Å². The number of amides is 1. The second-order valence-corrected chi connectivity index (χ2v) is 4.11. The van der Waals surface area contributed by atoms with Gasteiger partial charge >= 0.3 is 0 Å². The van der Waals surface area contributed by atoms with Gasteiger partial charge in [0.25, 0.3) is 0 Å². The van der Waals surface area contributed by atoms with Crippen molar-refractivity contribution >= 4 is 5.91 Å². The van der Waals surface area contributed by atoms with Crippen molar-refractivity contribution in [1.82, 2.24) is 5.32 Å². The summed E-state index contributed by atoms with van der Waals surface area (Å²) in [5.74, 6) is 0.295. The van der Waals surface area contributed by atoms with Crippen LogP contribution in [0.15, 0.2) is 0 Å². The van der Waals surface area contributed by atoms with Gasteiger partial charge in [0.2, 0.25) is 5.91 Å². The molecule has 2 unspecified atom stereocenters. The highest BCUT2D eigenvalue weighted by molar-refractivity contribution is 5.79. The molecule has 1 aliphatic heterocycles. The van der Waals surface area contributed by atoms with E-state index in [-0.39, 0.29) is 17.9 Å². The first kappa shape index (κ1) is 9.00. The Kier molecular flexibility index (Phi) is 2.54. The van der Waals surface area contributed by atoms with E-state index in [1.807, 2.05) is 6.92 Å². The van der Waals surface area contributed by atoms with Crippen molar-refractivity contribution in [2.24, 2.45) is 5.92 Å². The lowest BCUT2D eigenvalue weighted by Gasteiger charge is -2.27. The highest BCUT2D eigenvalue weighted by Gasteiger charge is 2.32. The number of carbonyl (C=O) groups excluding carboxylic acids is 1. The maximum atomic E-state index is 11.7. The van der Waals surface area contributed by atoms with E-state index in [0.717, 1.165) is 32.3 Å². The van der Waals surface area contributed by atoms with Crippen LogP contribution in [0.3, 0.4) is 0 Å². The Morgan fingerprint density at radius 1 is 1.38 bits per heavy atom. The summed E-state index contributed by atoms with van der Waals surface area (Å²) >= 11 is 0. The SMILES string of the molecule is CC1OCCCC1C(=O)NC1CC1. The number of carbonyl (C=O) groups is 1. The van der Waals surface area contributed by atoms with Gasteiger partial charge in [-0.15, -0.1) is 0 Å². The van der Waals surface area contributed by atoms with Crippen LogP contribution in [0.1, 0.15) is 32.6 Å². The molecule has 3 heteroatoms. The predicted molar refractivity (Wildman–Crippen MR) is 49.3 cm³/mol. The molecule has 1 amide bonds. The van der Waals surface area contributed by atoms with Crippen molar-refractivity contribution in [2.45, 2.75) is 44.8 Å². The molecule has 2 aliphatic rings. The van der Waals surface area contributed by atoms with Gasteiger partial charge in [-0.05, 0) is 32.6 Å². The Labute approximate surface area is 78.8 Å². The third-order valence-corrected chi connectivity index (χ3v) is 2.87. The van der Waals surface area contributed by atoms with Crippen LogP contribution < -0.4 is 5.32 Å². The van der Waals surface area contributed by atoms with E-state index in [4.69, 9.17) is 4.74 Å². The molecule has 2 atom stereocenters. The quantitative estimate of drug-likeness (QED) is 0.695. The minimum Gasteiger partial charge on any atom is -0.378 e. The molecule has 2 fully saturated rings. The second kappa shape index (κ2) is 3.66. The molecule has 1 aliphatic carbocycles. The van der Waals surface area contributed by atoms with Crippen LogP contribution >= 0.6 is 0 Å². The maximum Gasteiger partial charge on any atom is 0.225 e. The molecule has 0 bridgehead atoms. The summed E-state index contributed by atoms with van der Waals surface area (Å²) in [4.78, 5) is 11.7. The monoisotopic (exact) mass is 183 g/mol. The molecule has 0 aromatic carbocycles. The third kappa shape index (κ3) is 2.21. The predicted octanol–water partition coefficient (Wildman–Crippen LogP) is 1.08. The van der Waals surface area contributed by atoms with Crippen molar-refractivity contribution in [3.05, 3.63) is 0 Å². The number of hydrogen-bond acceptors (Lipinski definition) is 2. The van der Waals surface area contributed by atoms with Crippen molar-refractivity contribution in [2.75, 3.05) is 6.61 Å². The minimum absolute atomic E-state index is 0.0920. The summed E-state index contributed by atoms with van der Waals surface area (Å²) in [7, 11) is 0. The van der Waals surface area contributed by atoms with Crippen LogP contribution in [0.4, 0.5) is 0 Å². The van der Waals surface area contributed by atoms with Crippen molar-refractivity contribution in [3.63, 3.8) is 0 Å². The summed E-state index contributed by atoms with van der Waals surface area (Å²) < 4.78 is 5.45. The molecule has 13 heavy (non-hydrogen) atoms. The first-order chi connectivity index (χ1) is 6.27. The van der Waals surface area contributed by atoms with Crippen molar-refractivity contribution < 1.29 is 9.53 Å². The lowest BCUT2D eigenvalue weighted by atomic mass is 9.94. The molecule has 1 saturated carbocycles. The number of ether oxygens (including phenoxy) is 1. The third-order valence-electron chi connectivity index (χ3n) is 2.87. The molecule has 1 heterocycles. The fourth-order valence-corrected chi connectivity index (χ4v) is 1.80. The molecule has 1 saturated heterocycles. The molecule has 2 rings (SSSR count). The molecule has 0 aromatic heterocycles. The average molecular weight is 183 g/mol. The highest BCUT2D eigenvalue weighted by atomic mass is 16.5. The average Bonchev–Trinajstić information content (AvgIpc) is 2.89. The van der Waals surface area contributed by atoms with Crippen LogP contribution in [-0.4, -0.2) is 24.7 Å². The van der Waals surface area contributed by atoms with Gasteiger partial charge in [0.05, 0.1) is 12.0 Å². The second-order valence-electron chi connectivity index (χ2n) is 4.11. The first-order valence-corrected chi connectivity index (χ1v) is 5.19. The molecule has 0 aromatic rings. The molecular weight excluding hydrogens is 166 g/mol. The smallest absolute Gasteiger partial charge is 0.225 e. The van der Waals surface area contributed by atoms with E-state index in [1.165, 1.54) is 0 Å². The molecule has 74 valence electrons. The summed E-state index contributed by atoms with van der Waals surface area (Å²) in [6.07, 6.45) is 4.43. The first-order valence-electron chi connectivity index (χ1n) is 5.19. The van der Waals surface area contributed by atoms with Crippen LogP contribution in [-0.2, 0) is 9.53 Å². The lowest BCUT2D eigenvalue weighted by molar-refractivity contribution is -0.133. The normalized spacial score (nSPS) is 34.2. The van der Waals surface area contributed by atoms with E-state index in [2.05, 4.69) is 5.32 Å². The van der Waals surface area contributed by atoms with Gasteiger partial charge in [-0.1, -0.05) is 0 Å². The van der Waals surface area contributed by atoms with Gasteiger partial charge < -0.3 is 10.1 Å².